The minimum Gasteiger partial charge on any atom is -0.506 e. The number of aromatic hydroxyl groups is 1. The summed E-state index contributed by atoms with van der Waals surface area (Å²) in [4.78, 5) is 8.19. The van der Waals surface area contributed by atoms with Crippen LogP contribution in [0.3, 0.4) is 0 Å². The minimum absolute atomic E-state index is 0.110. The van der Waals surface area contributed by atoms with Crippen molar-refractivity contribution in [1.29, 1.82) is 0 Å². The van der Waals surface area contributed by atoms with Crippen LogP contribution in [-0.4, -0.2) is 24.2 Å². The van der Waals surface area contributed by atoms with Gasteiger partial charge in [-0.05, 0) is 28.1 Å². The van der Waals surface area contributed by atoms with Gasteiger partial charge in [-0.1, -0.05) is 23.7 Å². The van der Waals surface area contributed by atoms with Crippen LogP contribution in [0.1, 0.15) is 5.56 Å². The molecule has 0 saturated heterocycles. The predicted octanol–water partition coefficient (Wildman–Crippen LogP) is 2.09. The average molecular weight is 287 g/mol. The quantitative estimate of drug-likeness (QED) is 0.679. The third kappa shape index (κ3) is 2.94. The molecule has 0 amide bonds. The van der Waals surface area contributed by atoms with Crippen molar-refractivity contribution >= 4 is 41.3 Å². The van der Waals surface area contributed by atoms with Crippen LogP contribution in [0.2, 0.25) is 0 Å². The molecule has 82 valence electrons. The fourth-order valence-electron chi connectivity index (χ4n) is 1.31. The van der Waals surface area contributed by atoms with Crippen molar-refractivity contribution in [2.45, 2.75) is 0 Å². The SMILES string of the molecule is [B]c1cc(Br)c(O)c(/C=N/c2ccccn2)c1. The van der Waals surface area contributed by atoms with Crippen LogP contribution in [0.15, 0.2) is 46.0 Å². The molecule has 0 aliphatic carbocycles. The summed E-state index contributed by atoms with van der Waals surface area (Å²) in [5.41, 5.74) is 1.10. The number of benzene rings is 1. The highest BCUT2D eigenvalue weighted by Gasteiger charge is 2.04. The zero-order valence-corrected chi connectivity index (χ0v) is 10.4. The summed E-state index contributed by atoms with van der Waals surface area (Å²) in [5, 5.41) is 9.79. The van der Waals surface area contributed by atoms with Crippen LogP contribution in [0, 0.1) is 0 Å². The molecule has 1 N–H and O–H groups in total. The maximum absolute atomic E-state index is 9.79. The van der Waals surface area contributed by atoms with Gasteiger partial charge in [-0.25, -0.2) is 9.98 Å². The number of halogens is 1. The summed E-state index contributed by atoms with van der Waals surface area (Å²) >= 11 is 3.22. The summed E-state index contributed by atoms with van der Waals surface area (Å²) in [6.07, 6.45) is 3.18. The van der Waals surface area contributed by atoms with E-state index in [9.17, 15) is 5.11 Å². The van der Waals surface area contributed by atoms with Gasteiger partial charge in [0.05, 0.1) is 4.47 Å². The molecule has 3 nitrogen and oxygen atoms in total. The van der Waals surface area contributed by atoms with E-state index in [0.29, 0.717) is 21.3 Å². The predicted molar refractivity (Wildman–Crippen MR) is 72.7 cm³/mol. The number of phenolic OH excluding ortho intramolecular Hbond substituents is 1. The van der Waals surface area contributed by atoms with Crippen molar-refractivity contribution in [2.24, 2.45) is 4.99 Å². The van der Waals surface area contributed by atoms with E-state index >= 15 is 0 Å². The summed E-state index contributed by atoms with van der Waals surface area (Å²) in [6, 6.07) is 8.71. The molecule has 1 heterocycles. The first-order valence-electron chi connectivity index (χ1n) is 4.90. The zero-order valence-electron chi connectivity index (χ0n) is 8.84. The largest absolute Gasteiger partial charge is 0.506 e. The molecular weight excluding hydrogens is 279 g/mol. The van der Waals surface area contributed by atoms with E-state index in [1.54, 1.807) is 24.4 Å². The molecule has 1 aromatic heterocycles. The molecule has 0 atom stereocenters. The lowest BCUT2D eigenvalue weighted by atomic mass is 9.94. The van der Waals surface area contributed by atoms with Gasteiger partial charge in [0, 0.05) is 18.0 Å². The molecule has 0 unspecified atom stereocenters. The molecule has 2 aromatic rings. The maximum Gasteiger partial charge on any atom is 0.151 e. The molecule has 2 radical (unpaired) electrons. The van der Waals surface area contributed by atoms with Crippen LogP contribution in [-0.2, 0) is 0 Å². The van der Waals surface area contributed by atoms with Gasteiger partial charge < -0.3 is 5.11 Å². The van der Waals surface area contributed by atoms with Crippen LogP contribution >= 0.6 is 15.9 Å². The molecule has 17 heavy (non-hydrogen) atoms. The summed E-state index contributed by atoms with van der Waals surface area (Å²) < 4.78 is 0.542. The van der Waals surface area contributed by atoms with Gasteiger partial charge in [-0.15, -0.1) is 0 Å². The zero-order chi connectivity index (χ0) is 12.3. The van der Waals surface area contributed by atoms with Crippen molar-refractivity contribution in [1.82, 2.24) is 4.98 Å². The number of nitrogens with zero attached hydrogens (tertiary/aromatic N) is 2. The Hall–Kier alpha value is -1.62. The standard InChI is InChI=1S/C12H8BBrN2O/c13-9-5-8(12(17)10(14)6-9)7-16-11-3-1-2-4-15-11/h1-7,17H/b16-7+. The topological polar surface area (TPSA) is 45.5 Å². The van der Waals surface area contributed by atoms with E-state index in [4.69, 9.17) is 7.85 Å². The second kappa shape index (κ2) is 5.14. The lowest BCUT2D eigenvalue weighted by Gasteiger charge is -2.03. The smallest absolute Gasteiger partial charge is 0.151 e. The summed E-state index contributed by atoms with van der Waals surface area (Å²) in [7, 11) is 5.68. The maximum atomic E-state index is 9.79. The van der Waals surface area contributed by atoms with Gasteiger partial charge in [0.1, 0.15) is 13.6 Å². The lowest BCUT2D eigenvalue weighted by Crippen LogP contribution is -2.03. The fourth-order valence-corrected chi connectivity index (χ4v) is 1.80. The number of hydrogen-bond donors (Lipinski definition) is 1. The van der Waals surface area contributed by atoms with E-state index in [2.05, 4.69) is 25.9 Å². The number of aliphatic imine (C=N–C) groups is 1. The van der Waals surface area contributed by atoms with Crippen molar-refractivity contribution < 1.29 is 5.11 Å². The Morgan fingerprint density at radius 3 is 2.88 bits per heavy atom. The molecule has 0 spiro atoms. The molecule has 0 fully saturated rings. The summed E-state index contributed by atoms with van der Waals surface area (Å²) in [6.45, 7) is 0. The number of pyridine rings is 1. The monoisotopic (exact) mass is 286 g/mol. The first-order chi connectivity index (χ1) is 8.16. The molecule has 0 aliphatic rings. The highest BCUT2D eigenvalue weighted by molar-refractivity contribution is 9.10. The van der Waals surface area contributed by atoms with E-state index < -0.39 is 0 Å². The van der Waals surface area contributed by atoms with Gasteiger partial charge in [0.15, 0.2) is 5.82 Å². The molecule has 0 aliphatic heterocycles. The summed E-state index contributed by atoms with van der Waals surface area (Å²) in [5.74, 6) is 0.685. The highest BCUT2D eigenvalue weighted by atomic mass is 79.9. The van der Waals surface area contributed by atoms with E-state index in [0.717, 1.165) is 0 Å². The highest BCUT2D eigenvalue weighted by Crippen LogP contribution is 2.25. The van der Waals surface area contributed by atoms with Gasteiger partial charge in [0.2, 0.25) is 0 Å². The molecular formula is C12H8BBrN2O. The van der Waals surface area contributed by atoms with E-state index in [1.165, 1.54) is 6.21 Å². The number of hydrogen-bond acceptors (Lipinski definition) is 3. The van der Waals surface area contributed by atoms with Crippen LogP contribution in [0.5, 0.6) is 5.75 Å². The van der Waals surface area contributed by atoms with E-state index in [-0.39, 0.29) is 5.75 Å². The van der Waals surface area contributed by atoms with Gasteiger partial charge >= 0.3 is 0 Å². The average Bonchev–Trinajstić information content (AvgIpc) is 2.33. The van der Waals surface area contributed by atoms with E-state index in [1.807, 2.05) is 12.1 Å². The Morgan fingerprint density at radius 2 is 2.18 bits per heavy atom. The Labute approximate surface area is 109 Å². The van der Waals surface area contributed by atoms with Crippen molar-refractivity contribution in [3.05, 3.63) is 46.6 Å². The number of rotatable bonds is 2. The number of phenols is 1. The van der Waals surface area contributed by atoms with Gasteiger partial charge in [0.25, 0.3) is 0 Å². The molecule has 5 heteroatoms. The van der Waals surface area contributed by atoms with Gasteiger partial charge in [-0.2, -0.15) is 0 Å². The van der Waals surface area contributed by atoms with Crippen molar-refractivity contribution in [2.75, 3.05) is 0 Å². The molecule has 0 saturated carbocycles. The first kappa shape index (κ1) is 11.9. The van der Waals surface area contributed by atoms with Crippen molar-refractivity contribution in [3.63, 3.8) is 0 Å². The number of aromatic nitrogens is 1. The first-order valence-corrected chi connectivity index (χ1v) is 5.69. The molecule has 2 rings (SSSR count). The Morgan fingerprint density at radius 1 is 1.35 bits per heavy atom. The van der Waals surface area contributed by atoms with Gasteiger partial charge in [-0.3, -0.25) is 0 Å². The minimum atomic E-state index is 0.110. The van der Waals surface area contributed by atoms with Crippen LogP contribution < -0.4 is 5.46 Å². The third-order valence-corrected chi connectivity index (χ3v) is 2.70. The Bertz CT molecular complexity index is 558. The molecule has 1 aromatic carbocycles. The Kier molecular flexibility index (Phi) is 3.59. The Balaban J connectivity index is 2.33. The van der Waals surface area contributed by atoms with Crippen LogP contribution in [0.25, 0.3) is 0 Å². The normalized spacial score (nSPS) is 10.9. The third-order valence-electron chi connectivity index (χ3n) is 2.10. The second-order valence-electron chi connectivity index (χ2n) is 3.39. The fraction of sp³-hybridized carbons (Fsp3) is 0. The lowest BCUT2D eigenvalue weighted by molar-refractivity contribution is 0.471. The molecule has 0 bridgehead atoms. The van der Waals surface area contributed by atoms with Crippen molar-refractivity contribution in [3.8, 4) is 5.75 Å². The second-order valence-corrected chi connectivity index (χ2v) is 4.24. The van der Waals surface area contributed by atoms with Crippen LogP contribution in [0.4, 0.5) is 5.82 Å².